The Morgan fingerprint density at radius 2 is 1.48 bits per heavy atom. The number of rotatable bonds is 9. The van der Waals surface area contributed by atoms with Gasteiger partial charge in [-0.25, -0.2) is 19.2 Å². The second-order valence-electron chi connectivity index (χ2n) is 21.4. The molecule has 7 atom stereocenters. The van der Waals surface area contributed by atoms with E-state index in [0.29, 0.717) is 70.0 Å². The molecule has 5 aromatic carbocycles. The molecule has 0 aliphatic carbocycles. The molecule has 17 nitrogen and oxygen atoms in total. The summed E-state index contributed by atoms with van der Waals surface area (Å²) in [5, 5.41) is 14.4. The van der Waals surface area contributed by atoms with E-state index in [0.717, 1.165) is 22.3 Å². The number of likely N-dealkylation sites (N-methyl/N-ethyl adjacent to an activating group) is 1. The second-order valence-corrected chi connectivity index (χ2v) is 22.5. The summed E-state index contributed by atoms with van der Waals surface area (Å²) in [6.07, 6.45) is 6.06. The normalized spacial score (nSPS) is 23.9. The highest BCUT2D eigenvalue weighted by Crippen LogP contribution is 2.65. The van der Waals surface area contributed by atoms with Gasteiger partial charge in [0, 0.05) is 58.8 Å². The Hall–Kier alpha value is -7.82. The van der Waals surface area contributed by atoms with Gasteiger partial charge < -0.3 is 42.6 Å². The molecule has 5 aromatic rings. The Morgan fingerprint density at radius 3 is 2.13 bits per heavy atom. The van der Waals surface area contributed by atoms with Crippen molar-refractivity contribution >= 4 is 48.0 Å². The summed E-state index contributed by atoms with van der Waals surface area (Å²) in [6, 6.07) is 23.5. The number of nitrogens with zero attached hydrogens (tertiary/aromatic N) is 3. The van der Waals surface area contributed by atoms with Crippen molar-refractivity contribution in [1.82, 2.24) is 15.1 Å². The summed E-state index contributed by atoms with van der Waals surface area (Å²) < 4.78 is 55.6. The van der Waals surface area contributed by atoms with Gasteiger partial charge in [0.2, 0.25) is 6.79 Å². The van der Waals surface area contributed by atoms with Crippen LogP contribution in [0.5, 0.6) is 40.2 Å². The summed E-state index contributed by atoms with van der Waals surface area (Å²) in [5.74, 6) is 0.0813. The predicted molar refractivity (Wildman–Crippen MR) is 292 cm³/mol. The van der Waals surface area contributed by atoms with Crippen LogP contribution in [-0.2, 0) is 42.2 Å². The van der Waals surface area contributed by atoms with E-state index in [1.807, 2.05) is 87.6 Å². The average Bonchev–Trinajstić information content (AvgIpc) is 4.10. The Morgan fingerprint density at radius 1 is 0.810 bits per heavy atom. The molecule has 7 aliphatic heterocycles. The minimum absolute atomic E-state index is 0.0233. The van der Waals surface area contributed by atoms with E-state index in [1.54, 1.807) is 52.2 Å². The van der Waals surface area contributed by atoms with Crippen LogP contribution in [0.1, 0.15) is 93.7 Å². The molecule has 1 unspecified atom stereocenters. The topological polar surface area (TPSA) is 194 Å². The second kappa shape index (κ2) is 21.1. The molecule has 0 aromatic heterocycles. The van der Waals surface area contributed by atoms with Crippen LogP contribution in [0.3, 0.4) is 0 Å². The van der Waals surface area contributed by atoms with E-state index in [4.69, 9.17) is 42.6 Å². The van der Waals surface area contributed by atoms with Crippen LogP contribution in [0.2, 0.25) is 0 Å². The number of benzene rings is 5. The maximum Gasteiger partial charge on any atom is 0.514 e. The highest BCUT2D eigenvalue weighted by atomic mass is 32.2. The third kappa shape index (κ3) is 9.51. The van der Waals surface area contributed by atoms with Crippen molar-refractivity contribution in [2.45, 2.75) is 94.1 Å². The van der Waals surface area contributed by atoms with Gasteiger partial charge in [0.05, 0.1) is 37.6 Å². The van der Waals surface area contributed by atoms with Gasteiger partial charge in [-0.3, -0.25) is 15.1 Å². The van der Waals surface area contributed by atoms with E-state index >= 15 is 4.79 Å². The van der Waals surface area contributed by atoms with Gasteiger partial charge in [-0.2, -0.15) is 5.26 Å². The number of hydrogen-bond donors (Lipinski definition) is 1. The molecular weight excluding hydrogens is 1030 g/mol. The number of esters is 3. The fourth-order valence-corrected chi connectivity index (χ4v) is 14.0. The number of nitriles is 1. The Bertz CT molecular complexity index is 3390. The molecule has 0 amide bonds. The van der Waals surface area contributed by atoms with E-state index in [9.17, 15) is 19.6 Å². The lowest BCUT2D eigenvalue weighted by atomic mass is 9.71. The molecule has 4 bridgehead atoms. The maximum atomic E-state index is 15.4. The molecule has 7 aliphatic rings. The number of piperazine rings is 1. The molecule has 1 N–H and O–H groups in total. The molecule has 18 heteroatoms. The SMILES string of the molecule is COc1cc2c(cc1OC(=O)OC(C)(C)C)CCN[C@]21CS[C@@H]2c3c(OC(=O)C=Cc4ccccc4)c(C)c4c(c3[C@H](COC1=O)N1C2[C@H]2c3c(cc(C)c(OC)c3OC(=O)C=Cc3ccccc3)C[C@@H]([C@@H]1C#N)N2C)OCO4. The number of ether oxygens (including phenoxy) is 9. The highest BCUT2D eigenvalue weighted by molar-refractivity contribution is 7.99. The highest BCUT2D eigenvalue weighted by Gasteiger charge is 2.62. The van der Waals surface area contributed by atoms with Crippen LogP contribution < -0.4 is 38.5 Å². The third-order valence-corrected chi connectivity index (χ3v) is 17.0. The molecule has 2 saturated heterocycles. The fraction of sp³-hybridized carbons (Fsp3) is 0.361. The van der Waals surface area contributed by atoms with Crippen LogP contribution in [0.25, 0.3) is 12.2 Å². The first-order valence-electron chi connectivity index (χ1n) is 26.1. The van der Waals surface area contributed by atoms with Crippen LogP contribution in [0.4, 0.5) is 4.79 Å². The molecular formula is C61H60N4O13S. The fourth-order valence-electron chi connectivity index (χ4n) is 12.3. The standard InChI is InChI=1S/C61H60N4O13S/c1-33-25-38-26-40-41(29-62)65-42-30-72-58(68)61(39-28-43(70-7)44(27-37(39)23-24-63-61)75-59(69)78-60(3,4)5)31-79-57(49-48(42)55-54(73-32-74-55)34(2)53(49)76-45(66)21-19-35-15-11-9-12-16-35)51(65)50(64(40)6)47(38)56(52(33)71-8)77-46(67)22-20-36-17-13-10-14-18-36/h9-22,25,27-28,40-42,50-51,57,63H,23-24,26,30-32H2,1-8H3/t40-,41-,42-,50+,51?,57+,61+/m0/s1. The van der Waals surface area contributed by atoms with Gasteiger partial charge in [-0.1, -0.05) is 66.7 Å². The minimum atomic E-state index is -1.53. The van der Waals surface area contributed by atoms with Crippen molar-refractivity contribution in [2.75, 3.05) is 47.0 Å². The van der Waals surface area contributed by atoms with Crippen molar-refractivity contribution in [3.05, 3.63) is 147 Å². The molecule has 0 radical (unpaired) electrons. The largest absolute Gasteiger partial charge is 0.514 e. The van der Waals surface area contributed by atoms with Gasteiger partial charge in [-0.15, -0.1) is 11.8 Å². The van der Waals surface area contributed by atoms with Gasteiger partial charge >= 0.3 is 24.1 Å². The molecule has 408 valence electrons. The predicted octanol–water partition coefficient (Wildman–Crippen LogP) is 9.20. The number of aryl methyl sites for hydroxylation is 1. The van der Waals surface area contributed by atoms with Crippen molar-refractivity contribution in [1.29, 1.82) is 5.26 Å². The summed E-state index contributed by atoms with van der Waals surface area (Å²) in [7, 11) is 4.97. The Kier molecular flexibility index (Phi) is 14.2. The zero-order valence-electron chi connectivity index (χ0n) is 45.1. The number of methoxy groups -OCH3 is 2. The first-order chi connectivity index (χ1) is 38.0. The summed E-state index contributed by atoms with van der Waals surface area (Å²) in [5.41, 5.74) is 4.48. The van der Waals surface area contributed by atoms with Gasteiger partial charge in [0.15, 0.2) is 40.0 Å². The van der Waals surface area contributed by atoms with Crippen LogP contribution >= 0.6 is 11.8 Å². The Labute approximate surface area is 462 Å². The zero-order valence-corrected chi connectivity index (χ0v) is 45.9. The monoisotopic (exact) mass is 1090 g/mol. The van der Waals surface area contributed by atoms with Crippen molar-refractivity contribution in [3.63, 3.8) is 0 Å². The van der Waals surface area contributed by atoms with Crippen LogP contribution in [0, 0.1) is 25.2 Å². The van der Waals surface area contributed by atoms with Crippen LogP contribution in [0.15, 0.2) is 91.0 Å². The molecule has 2 fully saturated rings. The quantitative estimate of drug-likeness (QED) is 0.0635. The number of nitrogens with one attached hydrogen (secondary N) is 1. The van der Waals surface area contributed by atoms with Gasteiger partial charge in [0.25, 0.3) is 0 Å². The molecule has 0 saturated carbocycles. The molecule has 7 heterocycles. The van der Waals surface area contributed by atoms with Crippen molar-refractivity contribution in [2.24, 2.45) is 0 Å². The van der Waals surface area contributed by atoms with E-state index in [-0.39, 0.29) is 42.2 Å². The van der Waals surface area contributed by atoms with Crippen LogP contribution in [-0.4, -0.2) is 105 Å². The zero-order chi connectivity index (χ0) is 55.5. The number of hydrogen-bond acceptors (Lipinski definition) is 18. The van der Waals surface area contributed by atoms with Crippen molar-refractivity contribution in [3.8, 4) is 46.3 Å². The van der Waals surface area contributed by atoms with E-state index in [1.165, 1.54) is 31.0 Å². The number of fused-ring (bicyclic) bond motifs is 9. The summed E-state index contributed by atoms with van der Waals surface area (Å²) >= 11 is 1.43. The first-order valence-corrected chi connectivity index (χ1v) is 27.2. The Balaban J connectivity index is 1.12. The smallest absolute Gasteiger partial charge is 0.493 e. The number of carbonyl (C=O) groups is 4. The summed E-state index contributed by atoms with van der Waals surface area (Å²) in [6.45, 7) is 8.84. The molecule has 1 spiro atoms. The summed E-state index contributed by atoms with van der Waals surface area (Å²) in [4.78, 5) is 61.4. The average molecular weight is 1090 g/mol. The van der Waals surface area contributed by atoms with Gasteiger partial charge in [0.1, 0.15) is 24.0 Å². The van der Waals surface area contributed by atoms with E-state index < -0.39 is 70.7 Å². The van der Waals surface area contributed by atoms with Gasteiger partial charge in [-0.05, 0) is 112 Å². The van der Waals surface area contributed by atoms with E-state index in [2.05, 4.69) is 21.2 Å². The molecule has 79 heavy (non-hydrogen) atoms. The molecule has 12 rings (SSSR count). The third-order valence-electron chi connectivity index (χ3n) is 15.6. The number of thioether (sulfide) groups is 1. The lowest BCUT2D eigenvalue weighted by molar-refractivity contribution is -0.157. The first kappa shape index (κ1) is 53.2. The lowest BCUT2D eigenvalue weighted by Crippen LogP contribution is -2.69. The number of carbonyl (C=O) groups excluding carboxylic acids is 4. The minimum Gasteiger partial charge on any atom is -0.493 e. The van der Waals surface area contributed by atoms with Crippen molar-refractivity contribution < 1.29 is 61.8 Å². The lowest BCUT2D eigenvalue weighted by Gasteiger charge is -2.62. The maximum absolute atomic E-state index is 15.4.